The van der Waals surface area contributed by atoms with Gasteiger partial charge in [0.05, 0.1) is 30.0 Å². The van der Waals surface area contributed by atoms with Crippen LogP contribution in [0.5, 0.6) is 5.75 Å². The summed E-state index contributed by atoms with van der Waals surface area (Å²) in [7, 11) is 1.52. The first kappa shape index (κ1) is 26.4. The maximum Gasteiger partial charge on any atom is 0.296 e. The van der Waals surface area contributed by atoms with Crippen LogP contribution in [0.15, 0.2) is 75.1 Å². The molecule has 3 aromatic rings. The van der Waals surface area contributed by atoms with Crippen molar-refractivity contribution in [2.24, 2.45) is 20.5 Å². The van der Waals surface area contributed by atoms with Gasteiger partial charge in [0.2, 0.25) is 0 Å². The minimum atomic E-state index is -0.473. The van der Waals surface area contributed by atoms with Gasteiger partial charge in [-0.1, -0.05) is 13.0 Å². The minimum absolute atomic E-state index is 0.0953. The van der Waals surface area contributed by atoms with Crippen LogP contribution in [0.2, 0.25) is 0 Å². The van der Waals surface area contributed by atoms with Gasteiger partial charge in [0.1, 0.15) is 11.4 Å². The average Bonchev–Trinajstić information content (AvgIpc) is 2.87. The number of methoxy groups -OCH3 is 1. The fraction of sp³-hybridized carbons (Fsp3) is 0.308. The van der Waals surface area contributed by atoms with Crippen LogP contribution >= 0.6 is 0 Å². The van der Waals surface area contributed by atoms with Crippen LogP contribution in [0.1, 0.15) is 24.5 Å². The second-order valence-electron chi connectivity index (χ2n) is 8.19. The van der Waals surface area contributed by atoms with Gasteiger partial charge in [0, 0.05) is 30.9 Å². The van der Waals surface area contributed by atoms with Crippen LogP contribution < -0.4 is 9.64 Å². The molecule has 10 nitrogen and oxygen atoms in total. The van der Waals surface area contributed by atoms with E-state index in [0.29, 0.717) is 29.4 Å². The summed E-state index contributed by atoms with van der Waals surface area (Å²) in [6.07, 6.45) is 0.984. The van der Waals surface area contributed by atoms with Gasteiger partial charge in [-0.2, -0.15) is 5.11 Å². The van der Waals surface area contributed by atoms with E-state index in [9.17, 15) is 15.2 Å². The number of nitro benzene ring substituents is 1. The van der Waals surface area contributed by atoms with E-state index < -0.39 is 4.92 Å². The average molecular weight is 491 g/mol. The lowest BCUT2D eigenvalue weighted by Gasteiger charge is -2.23. The first-order valence-electron chi connectivity index (χ1n) is 11.6. The fourth-order valence-corrected chi connectivity index (χ4v) is 3.59. The molecule has 36 heavy (non-hydrogen) atoms. The van der Waals surface area contributed by atoms with Gasteiger partial charge in [0.25, 0.3) is 5.69 Å². The van der Waals surface area contributed by atoms with E-state index in [1.807, 2.05) is 31.2 Å². The van der Waals surface area contributed by atoms with Gasteiger partial charge in [-0.3, -0.25) is 10.1 Å². The SMILES string of the molecule is CCCN(CCO)c1ccc(/N=N/c2cc(C)c(/N=N/c3ccc(C)cc3[N+](=O)[O-])cc2OC)cc1. The standard InChI is InChI=1S/C26H30N6O4/c1-5-12-31(13-14-33)21-9-7-20(8-10-21)27-30-24-16-19(3)23(17-26(24)36-4)29-28-22-11-6-18(2)15-25(22)32(34)35/h6-11,15-17,33H,5,12-14H2,1-4H3/b29-28+,30-27+. The van der Waals surface area contributed by atoms with Crippen LogP contribution in [0.4, 0.5) is 34.1 Å². The summed E-state index contributed by atoms with van der Waals surface area (Å²) >= 11 is 0. The number of nitro groups is 1. The van der Waals surface area contributed by atoms with Crippen molar-refractivity contribution in [2.75, 3.05) is 31.7 Å². The summed E-state index contributed by atoms with van der Waals surface area (Å²) < 4.78 is 5.47. The Morgan fingerprint density at radius 1 is 0.917 bits per heavy atom. The number of hydrogen-bond acceptors (Lipinski definition) is 9. The third-order valence-electron chi connectivity index (χ3n) is 5.44. The Bertz CT molecular complexity index is 1250. The number of nitrogens with zero attached hydrogens (tertiary/aromatic N) is 6. The topological polar surface area (TPSA) is 125 Å². The van der Waals surface area contributed by atoms with Crippen molar-refractivity contribution < 1.29 is 14.8 Å². The molecule has 188 valence electrons. The third-order valence-corrected chi connectivity index (χ3v) is 5.44. The van der Waals surface area contributed by atoms with E-state index in [0.717, 1.165) is 29.8 Å². The highest BCUT2D eigenvalue weighted by atomic mass is 16.6. The van der Waals surface area contributed by atoms with Crippen LogP contribution in [-0.4, -0.2) is 36.8 Å². The van der Waals surface area contributed by atoms with Crippen molar-refractivity contribution in [2.45, 2.75) is 27.2 Å². The molecule has 0 saturated carbocycles. The molecule has 0 unspecified atom stereocenters. The number of rotatable bonds is 11. The molecule has 0 saturated heterocycles. The summed E-state index contributed by atoms with van der Waals surface area (Å²) in [6.45, 7) is 7.25. The largest absolute Gasteiger partial charge is 0.494 e. The number of aryl methyl sites for hydroxylation is 2. The number of azo groups is 2. The Balaban J connectivity index is 1.83. The smallest absolute Gasteiger partial charge is 0.296 e. The van der Waals surface area contributed by atoms with E-state index in [4.69, 9.17) is 4.74 Å². The maximum absolute atomic E-state index is 11.3. The van der Waals surface area contributed by atoms with E-state index >= 15 is 0 Å². The first-order valence-corrected chi connectivity index (χ1v) is 11.6. The Morgan fingerprint density at radius 3 is 2.25 bits per heavy atom. The van der Waals surface area contributed by atoms with Crippen molar-refractivity contribution in [3.63, 3.8) is 0 Å². The maximum atomic E-state index is 11.3. The number of hydrogen-bond donors (Lipinski definition) is 1. The molecule has 3 aromatic carbocycles. The van der Waals surface area contributed by atoms with Gasteiger partial charge >= 0.3 is 0 Å². The highest BCUT2D eigenvalue weighted by Crippen LogP contribution is 2.37. The van der Waals surface area contributed by atoms with Crippen LogP contribution in [0.3, 0.4) is 0 Å². The molecule has 0 aliphatic rings. The molecule has 0 heterocycles. The summed E-state index contributed by atoms with van der Waals surface area (Å²) in [6, 6.07) is 15.9. The Labute approximate surface area is 210 Å². The molecule has 0 amide bonds. The number of ether oxygens (including phenoxy) is 1. The quantitative estimate of drug-likeness (QED) is 0.172. The zero-order valence-electron chi connectivity index (χ0n) is 20.9. The van der Waals surface area contributed by atoms with Crippen molar-refractivity contribution >= 4 is 34.1 Å². The normalized spacial score (nSPS) is 11.4. The summed E-state index contributed by atoms with van der Waals surface area (Å²) in [5.74, 6) is 0.449. The van der Waals surface area contributed by atoms with E-state index in [-0.39, 0.29) is 18.0 Å². The van der Waals surface area contributed by atoms with Crippen molar-refractivity contribution in [1.29, 1.82) is 0 Å². The van der Waals surface area contributed by atoms with E-state index in [1.165, 1.54) is 13.2 Å². The lowest BCUT2D eigenvalue weighted by molar-refractivity contribution is -0.384. The lowest BCUT2D eigenvalue weighted by Crippen LogP contribution is -2.27. The zero-order valence-corrected chi connectivity index (χ0v) is 20.9. The number of aliphatic hydroxyl groups excluding tert-OH is 1. The predicted molar refractivity (Wildman–Crippen MR) is 140 cm³/mol. The molecule has 1 N–H and O–H groups in total. The van der Waals surface area contributed by atoms with Crippen molar-refractivity contribution in [3.8, 4) is 5.75 Å². The van der Waals surface area contributed by atoms with E-state index in [2.05, 4.69) is 32.3 Å². The Hall–Kier alpha value is -4.18. The van der Waals surface area contributed by atoms with Gasteiger partial charge in [0.15, 0.2) is 5.69 Å². The zero-order chi connectivity index (χ0) is 26.1. The highest BCUT2D eigenvalue weighted by molar-refractivity contribution is 5.64. The van der Waals surface area contributed by atoms with Crippen LogP contribution in [0, 0.1) is 24.0 Å². The number of aliphatic hydroxyl groups is 1. The summed E-state index contributed by atoms with van der Waals surface area (Å²) in [4.78, 5) is 13.0. The molecule has 0 aliphatic carbocycles. The molecular formula is C26H30N6O4. The van der Waals surface area contributed by atoms with Crippen molar-refractivity contribution in [1.82, 2.24) is 0 Å². The molecule has 0 bridgehead atoms. The first-order chi connectivity index (χ1) is 17.4. The van der Waals surface area contributed by atoms with Gasteiger partial charge < -0.3 is 14.7 Å². The Kier molecular flexibility index (Phi) is 9.18. The molecule has 0 radical (unpaired) electrons. The third kappa shape index (κ3) is 6.70. The minimum Gasteiger partial charge on any atom is -0.494 e. The Morgan fingerprint density at radius 2 is 1.61 bits per heavy atom. The fourth-order valence-electron chi connectivity index (χ4n) is 3.59. The molecular weight excluding hydrogens is 460 g/mol. The highest BCUT2D eigenvalue weighted by Gasteiger charge is 2.14. The van der Waals surface area contributed by atoms with Gasteiger partial charge in [-0.25, -0.2) is 0 Å². The van der Waals surface area contributed by atoms with Crippen LogP contribution in [-0.2, 0) is 0 Å². The molecule has 3 rings (SSSR count). The summed E-state index contributed by atoms with van der Waals surface area (Å²) in [5, 5.41) is 37.6. The lowest BCUT2D eigenvalue weighted by atomic mass is 10.1. The van der Waals surface area contributed by atoms with Crippen LogP contribution in [0.25, 0.3) is 0 Å². The summed E-state index contributed by atoms with van der Waals surface area (Å²) in [5.41, 5.74) is 4.32. The molecule has 0 aliphatic heterocycles. The molecule has 10 heteroatoms. The van der Waals surface area contributed by atoms with Crippen molar-refractivity contribution in [3.05, 3.63) is 75.8 Å². The van der Waals surface area contributed by atoms with Gasteiger partial charge in [-0.05, 0) is 67.8 Å². The van der Waals surface area contributed by atoms with Gasteiger partial charge in [-0.15, -0.1) is 15.3 Å². The predicted octanol–water partition coefficient (Wildman–Crippen LogP) is 7.26. The van der Waals surface area contributed by atoms with E-state index in [1.54, 1.807) is 31.2 Å². The second kappa shape index (κ2) is 12.5. The molecule has 0 fully saturated rings. The molecule has 0 atom stereocenters. The monoisotopic (exact) mass is 490 g/mol. The number of anilines is 1. The molecule has 0 aromatic heterocycles. The molecule has 0 spiro atoms. The second-order valence-corrected chi connectivity index (χ2v) is 8.19. The number of benzene rings is 3.